The monoisotopic (exact) mass is 466 g/mol. The number of carboxylic acid groups (broad SMARTS) is 1. The second-order valence-electron chi connectivity index (χ2n) is 8.37. The van der Waals surface area contributed by atoms with Gasteiger partial charge in [-0.15, -0.1) is 0 Å². The van der Waals surface area contributed by atoms with Crippen molar-refractivity contribution in [2.24, 2.45) is 0 Å². The van der Waals surface area contributed by atoms with Gasteiger partial charge in [-0.25, -0.2) is 9.59 Å². The molecule has 0 saturated heterocycles. The van der Waals surface area contributed by atoms with E-state index in [9.17, 15) is 9.59 Å². The standard InChI is InChI=1S/C24H26N4O4S/c1-24(2,3)32-22(29)25-14-20(16-8-5-4-6-9-16)21(33)27-19-11-7-10-17(12-19)18-13-26-28(15-18)23(30)31/h4-13,15,20H,14H2,1-3H3,(H,25,29)(H,27,33)(H,30,31). The van der Waals surface area contributed by atoms with Crippen molar-refractivity contribution < 1.29 is 19.4 Å². The van der Waals surface area contributed by atoms with E-state index >= 15 is 0 Å². The van der Waals surface area contributed by atoms with E-state index in [2.05, 4.69) is 15.7 Å². The number of hydrogen-bond acceptors (Lipinski definition) is 5. The molecule has 172 valence electrons. The van der Waals surface area contributed by atoms with Gasteiger partial charge in [0.05, 0.1) is 17.1 Å². The highest BCUT2D eigenvalue weighted by Gasteiger charge is 2.21. The van der Waals surface area contributed by atoms with Gasteiger partial charge in [-0.05, 0) is 44.0 Å². The number of anilines is 1. The lowest BCUT2D eigenvalue weighted by Crippen LogP contribution is -2.37. The molecule has 0 fully saturated rings. The summed E-state index contributed by atoms with van der Waals surface area (Å²) >= 11 is 5.70. The van der Waals surface area contributed by atoms with Crippen LogP contribution in [0.1, 0.15) is 32.3 Å². The van der Waals surface area contributed by atoms with E-state index < -0.39 is 17.8 Å². The van der Waals surface area contributed by atoms with Crippen LogP contribution < -0.4 is 10.6 Å². The van der Waals surface area contributed by atoms with Gasteiger partial charge in [0.25, 0.3) is 0 Å². The third-order valence-corrected chi connectivity index (χ3v) is 5.00. The molecule has 3 N–H and O–H groups in total. The van der Waals surface area contributed by atoms with E-state index in [4.69, 9.17) is 22.1 Å². The number of alkyl carbamates (subject to hydrolysis) is 1. The van der Waals surface area contributed by atoms with Crippen LogP contribution in [0.2, 0.25) is 0 Å². The fraction of sp³-hybridized carbons (Fsp3) is 0.250. The Hall–Kier alpha value is -3.72. The van der Waals surface area contributed by atoms with E-state index in [0.717, 1.165) is 21.5 Å². The Morgan fingerprint density at radius 1 is 1.12 bits per heavy atom. The minimum Gasteiger partial charge on any atom is -0.463 e. The van der Waals surface area contributed by atoms with Crippen LogP contribution >= 0.6 is 12.2 Å². The second kappa shape index (κ2) is 10.3. The zero-order chi connectivity index (χ0) is 24.0. The molecule has 0 aliphatic carbocycles. The van der Waals surface area contributed by atoms with Gasteiger partial charge >= 0.3 is 12.2 Å². The molecule has 0 spiro atoms. The number of rotatable bonds is 6. The Bertz CT molecular complexity index is 1140. The van der Waals surface area contributed by atoms with Crippen molar-refractivity contribution in [3.63, 3.8) is 0 Å². The molecule has 33 heavy (non-hydrogen) atoms. The van der Waals surface area contributed by atoms with Gasteiger partial charge in [0.1, 0.15) is 5.60 Å². The summed E-state index contributed by atoms with van der Waals surface area (Å²) in [5.41, 5.74) is 2.54. The molecule has 1 unspecified atom stereocenters. The number of ether oxygens (including phenoxy) is 1. The Morgan fingerprint density at radius 2 is 1.85 bits per heavy atom. The van der Waals surface area contributed by atoms with E-state index in [0.29, 0.717) is 10.6 Å². The van der Waals surface area contributed by atoms with Crippen LogP contribution in [0.3, 0.4) is 0 Å². The number of nitrogens with one attached hydrogen (secondary N) is 2. The van der Waals surface area contributed by atoms with Crippen molar-refractivity contribution in [1.29, 1.82) is 0 Å². The summed E-state index contributed by atoms with van der Waals surface area (Å²) in [5.74, 6) is -0.285. The summed E-state index contributed by atoms with van der Waals surface area (Å²) in [6.07, 6.45) is 1.27. The van der Waals surface area contributed by atoms with Crippen molar-refractivity contribution in [1.82, 2.24) is 15.1 Å². The molecule has 2 aromatic carbocycles. The van der Waals surface area contributed by atoms with Crippen LogP contribution in [0.25, 0.3) is 11.1 Å². The number of nitrogens with zero attached hydrogens (tertiary/aromatic N) is 2. The first-order valence-electron chi connectivity index (χ1n) is 10.3. The summed E-state index contributed by atoms with van der Waals surface area (Å²) in [5, 5.41) is 19.0. The number of thiocarbonyl (C=S) groups is 1. The molecular formula is C24H26N4O4S. The molecule has 9 heteroatoms. The first kappa shape index (κ1) is 23.9. The van der Waals surface area contributed by atoms with Crippen molar-refractivity contribution in [2.45, 2.75) is 32.3 Å². The number of hydrogen-bond donors (Lipinski definition) is 3. The summed E-state index contributed by atoms with van der Waals surface area (Å²) < 4.78 is 6.20. The largest absolute Gasteiger partial charge is 0.463 e. The van der Waals surface area contributed by atoms with E-state index in [1.807, 2.05) is 54.6 Å². The summed E-state index contributed by atoms with van der Waals surface area (Å²) in [6.45, 7) is 5.68. The van der Waals surface area contributed by atoms with Crippen molar-refractivity contribution >= 4 is 35.1 Å². The fourth-order valence-corrected chi connectivity index (χ4v) is 3.47. The SMILES string of the molecule is CC(C)(C)OC(=O)NCC(C(=S)Nc1cccc(-c2cnn(C(=O)O)c2)c1)c1ccccc1. The molecule has 0 saturated carbocycles. The molecule has 8 nitrogen and oxygen atoms in total. The summed E-state index contributed by atoms with van der Waals surface area (Å²) in [4.78, 5) is 23.8. The van der Waals surface area contributed by atoms with Crippen LogP contribution in [0.5, 0.6) is 0 Å². The maximum atomic E-state index is 12.2. The van der Waals surface area contributed by atoms with Gasteiger partial charge in [-0.1, -0.05) is 54.7 Å². The minimum atomic E-state index is -1.15. The van der Waals surface area contributed by atoms with E-state index in [-0.39, 0.29) is 12.5 Å². The second-order valence-corrected chi connectivity index (χ2v) is 8.81. The van der Waals surface area contributed by atoms with Gasteiger partial charge in [-0.3, -0.25) is 0 Å². The van der Waals surface area contributed by atoms with E-state index in [1.54, 1.807) is 20.8 Å². The first-order valence-corrected chi connectivity index (χ1v) is 10.7. The zero-order valence-corrected chi connectivity index (χ0v) is 19.4. The lowest BCUT2D eigenvalue weighted by molar-refractivity contribution is 0.0527. The summed E-state index contributed by atoms with van der Waals surface area (Å²) in [6, 6.07) is 17.1. The maximum absolute atomic E-state index is 12.2. The molecule has 0 bridgehead atoms. The Balaban J connectivity index is 1.76. The van der Waals surface area contributed by atoms with Gasteiger partial charge in [0, 0.05) is 24.0 Å². The topological polar surface area (TPSA) is 105 Å². The van der Waals surface area contributed by atoms with Crippen LogP contribution in [0, 0.1) is 0 Å². The highest BCUT2D eigenvalue weighted by atomic mass is 32.1. The Morgan fingerprint density at radius 3 is 2.48 bits per heavy atom. The van der Waals surface area contributed by atoms with E-state index in [1.165, 1.54) is 12.4 Å². The molecule has 0 aliphatic rings. The maximum Gasteiger partial charge on any atom is 0.432 e. The molecule has 1 aromatic heterocycles. The van der Waals surface area contributed by atoms with Crippen LogP contribution in [-0.2, 0) is 4.74 Å². The third kappa shape index (κ3) is 6.88. The molecule has 0 radical (unpaired) electrons. The molecular weight excluding hydrogens is 440 g/mol. The highest BCUT2D eigenvalue weighted by molar-refractivity contribution is 7.80. The first-order chi connectivity index (χ1) is 15.6. The number of carbonyl (C=O) groups is 2. The molecule has 3 rings (SSSR count). The number of amides is 1. The zero-order valence-electron chi connectivity index (χ0n) is 18.6. The predicted octanol–water partition coefficient (Wildman–Crippen LogP) is 5.12. The quantitative estimate of drug-likeness (QED) is 0.433. The lowest BCUT2D eigenvalue weighted by Gasteiger charge is -2.23. The van der Waals surface area contributed by atoms with Crippen molar-refractivity contribution in [3.05, 3.63) is 72.6 Å². The lowest BCUT2D eigenvalue weighted by atomic mass is 9.98. The molecule has 1 heterocycles. The van der Waals surface area contributed by atoms with Gasteiger partial charge < -0.3 is 20.5 Å². The fourth-order valence-electron chi connectivity index (χ4n) is 3.13. The molecule has 1 atom stereocenters. The minimum absolute atomic E-state index is 0.260. The number of aromatic nitrogens is 2. The Kier molecular flexibility index (Phi) is 7.44. The third-order valence-electron chi connectivity index (χ3n) is 4.61. The molecule has 3 aromatic rings. The van der Waals surface area contributed by atoms with Gasteiger partial charge in [0.15, 0.2) is 0 Å². The normalized spacial score (nSPS) is 12.0. The smallest absolute Gasteiger partial charge is 0.432 e. The van der Waals surface area contributed by atoms with Crippen LogP contribution in [0.4, 0.5) is 15.3 Å². The van der Waals surface area contributed by atoms with Gasteiger partial charge in [-0.2, -0.15) is 9.78 Å². The molecule has 0 aliphatic heterocycles. The molecule has 1 amide bonds. The van der Waals surface area contributed by atoms with Crippen LogP contribution in [0.15, 0.2) is 67.0 Å². The number of benzene rings is 2. The average molecular weight is 467 g/mol. The van der Waals surface area contributed by atoms with Crippen LogP contribution in [-0.4, -0.2) is 44.2 Å². The average Bonchev–Trinajstić information content (AvgIpc) is 3.24. The van der Waals surface area contributed by atoms with Crippen molar-refractivity contribution in [3.8, 4) is 11.1 Å². The summed E-state index contributed by atoms with van der Waals surface area (Å²) in [7, 11) is 0. The Labute approximate surface area is 197 Å². The number of carbonyl (C=O) groups excluding carboxylic acids is 1. The van der Waals surface area contributed by atoms with Gasteiger partial charge in [0.2, 0.25) is 0 Å². The van der Waals surface area contributed by atoms with Crippen molar-refractivity contribution in [2.75, 3.05) is 11.9 Å². The highest BCUT2D eigenvalue weighted by Crippen LogP contribution is 2.24. The predicted molar refractivity (Wildman–Crippen MR) is 131 cm³/mol.